The molecule has 0 aliphatic carbocycles. The van der Waals surface area contributed by atoms with Crippen molar-refractivity contribution in [1.29, 1.82) is 0 Å². The molecule has 1 heterocycles. The van der Waals surface area contributed by atoms with E-state index in [1.54, 1.807) is 23.5 Å². The van der Waals surface area contributed by atoms with Crippen LogP contribution in [-0.4, -0.2) is 30.4 Å². The number of esters is 1. The summed E-state index contributed by atoms with van der Waals surface area (Å²) >= 11 is 3.42. The third kappa shape index (κ3) is 4.35. The number of ether oxygens (including phenoxy) is 1. The van der Waals surface area contributed by atoms with Gasteiger partial charge >= 0.3 is 5.97 Å². The minimum Gasteiger partial charge on any atom is -0.466 e. The summed E-state index contributed by atoms with van der Waals surface area (Å²) in [5.41, 5.74) is 0.689. The lowest BCUT2D eigenvalue weighted by atomic mass is 9.96. The van der Waals surface area contributed by atoms with E-state index in [1.165, 1.54) is 7.11 Å². The first-order valence-corrected chi connectivity index (χ1v) is 8.17. The highest BCUT2D eigenvalue weighted by Gasteiger charge is 2.25. The summed E-state index contributed by atoms with van der Waals surface area (Å²) in [4.78, 5) is 23.4. The topological polar surface area (TPSA) is 43.4 Å². The van der Waals surface area contributed by atoms with Gasteiger partial charge in [0.25, 0.3) is 0 Å². The molecular formula is C13H20O3S2. The number of rotatable bonds is 5. The van der Waals surface area contributed by atoms with Crippen LogP contribution in [-0.2, 0) is 14.3 Å². The van der Waals surface area contributed by atoms with Crippen molar-refractivity contribution in [2.45, 2.75) is 33.1 Å². The van der Waals surface area contributed by atoms with Crippen molar-refractivity contribution in [2.75, 3.05) is 18.6 Å². The van der Waals surface area contributed by atoms with Crippen molar-refractivity contribution in [3.05, 3.63) is 9.81 Å². The Hall–Kier alpha value is -0.420. The molecule has 0 bridgehead atoms. The maximum atomic E-state index is 11.9. The molecule has 3 nitrogen and oxygen atoms in total. The molecule has 0 aromatic heterocycles. The van der Waals surface area contributed by atoms with E-state index < -0.39 is 0 Å². The number of Topliss-reactive ketones (excluding diaryl/α,β-unsaturated/α-hetero) is 1. The number of hydrogen-bond donors (Lipinski definition) is 0. The lowest BCUT2D eigenvalue weighted by Gasteiger charge is -2.20. The number of thioether (sulfide) groups is 2. The molecule has 0 amide bonds. The van der Waals surface area contributed by atoms with Crippen LogP contribution in [0.1, 0.15) is 33.1 Å². The Morgan fingerprint density at radius 2 is 1.94 bits per heavy atom. The van der Waals surface area contributed by atoms with Crippen molar-refractivity contribution in [1.82, 2.24) is 0 Å². The Labute approximate surface area is 117 Å². The molecule has 0 saturated carbocycles. The Kier molecular flexibility index (Phi) is 6.86. The van der Waals surface area contributed by atoms with E-state index in [-0.39, 0.29) is 17.7 Å². The SMILES string of the molecule is CCC(=O)CC(C)C(C(=O)OC)=C1SCCCS1. The average molecular weight is 288 g/mol. The number of ketones is 1. The molecule has 0 N–H and O–H groups in total. The van der Waals surface area contributed by atoms with Gasteiger partial charge in [-0.15, -0.1) is 23.5 Å². The van der Waals surface area contributed by atoms with Gasteiger partial charge in [0.05, 0.1) is 16.9 Å². The monoisotopic (exact) mass is 288 g/mol. The van der Waals surface area contributed by atoms with Crippen LogP contribution >= 0.6 is 23.5 Å². The van der Waals surface area contributed by atoms with Crippen LogP contribution in [0.2, 0.25) is 0 Å². The molecule has 0 aromatic rings. The van der Waals surface area contributed by atoms with E-state index in [0.29, 0.717) is 18.4 Å². The van der Waals surface area contributed by atoms with Gasteiger partial charge in [0.1, 0.15) is 5.78 Å². The first-order chi connectivity index (χ1) is 8.60. The van der Waals surface area contributed by atoms with Crippen LogP contribution in [0.3, 0.4) is 0 Å². The van der Waals surface area contributed by atoms with Gasteiger partial charge < -0.3 is 4.74 Å². The Morgan fingerprint density at radius 1 is 1.33 bits per heavy atom. The zero-order valence-corrected chi connectivity index (χ0v) is 12.8. The minimum atomic E-state index is -0.289. The van der Waals surface area contributed by atoms with E-state index in [1.807, 2.05) is 13.8 Å². The molecule has 5 heteroatoms. The number of hydrogen-bond acceptors (Lipinski definition) is 5. The number of carbonyl (C=O) groups excluding carboxylic acids is 2. The highest BCUT2D eigenvalue weighted by Crippen LogP contribution is 2.40. The highest BCUT2D eigenvalue weighted by molar-refractivity contribution is 8.22. The predicted molar refractivity (Wildman–Crippen MR) is 77.7 cm³/mol. The van der Waals surface area contributed by atoms with Crippen LogP contribution in [0.15, 0.2) is 9.81 Å². The maximum absolute atomic E-state index is 11.9. The fourth-order valence-corrected chi connectivity index (χ4v) is 4.61. The lowest BCUT2D eigenvalue weighted by Crippen LogP contribution is -2.17. The molecule has 0 aromatic carbocycles. The van der Waals surface area contributed by atoms with Crippen molar-refractivity contribution >= 4 is 35.3 Å². The molecule has 1 rings (SSSR count). The second-order valence-corrected chi connectivity index (χ2v) is 6.71. The predicted octanol–water partition coefficient (Wildman–Crippen LogP) is 3.25. The first-order valence-electron chi connectivity index (χ1n) is 6.19. The summed E-state index contributed by atoms with van der Waals surface area (Å²) in [5.74, 6) is 1.92. The van der Waals surface area contributed by atoms with Crippen molar-refractivity contribution < 1.29 is 14.3 Å². The van der Waals surface area contributed by atoms with Crippen molar-refractivity contribution in [3.63, 3.8) is 0 Å². The largest absolute Gasteiger partial charge is 0.466 e. The van der Waals surface area contributed by atoms with Crippen molar-refractivity contribution in [3.8, 4) is 0 Å². The lowest BCUT2D eigenvalue weighted by molar-refractivity contribution is -0.136. The quantitative estimate of drug-likeness (QED) is 0.574. The third-order valence-corrected chi connectivity index (χ3v) is 5.46. The molecule has 102 valence electrons. The van der Waals surface area contributed by atoms with Crippen LogP contribution in [0.25, 0.3) is 0 Å². The number of carbonyl (C=O) groups is 2. The molecule has 1 aliphatic heterocycles. The summed E-state index contributed by atoms with van der Waals surface area (Å²) in [6.45, 7) is 3.78. The fraction of sp³-hybridized carbons (Fsp3) is 0.692. The standard InChI is InChI=1S/C13H20O3S2/c1-4-10(14)8-9(2)11(12(15)16-3)13-17-6-5-7-18-13/h9H,4-8H2,1-3H3. The van der Waals surface area contributed by atoms with E-state index >= 15 is 0 Å². The molecule has 1 saturated heterocycles. The first kappa shape index (κ1) is 15.6. The van der Waals surface area contributed by atoms with E-state index in [2.05, 4.69) is 0 Å². The molecule has 1 unspecified atom stereocenters. The van der Waals surface area contributed by atoms with Crippen LogP contribution < -0.4 is 0 Å². The smallest absolute Gasteiger partial charge is 0.335 e. The molecule has 1 aliphatic rings. The van der Waals surface area contributed by atoms with Crippen LogP contribution in [0, 0.1) is 5.92 Å². The molecule has 1 atom stereocenters. The van der Waals surface area contributed by atoms with Gasteiger partial charge in [-0.3, -0.25) is 4.79 Å². The normalized spacial score (nSPS) is 17.2. The van der Waals surface area contributed by atoms with Crippen LogP contribution in [0.4, 0.5) is 0 Å². The Morgan fingerprint density at radius 3 is 2.44 bits per heavy atom. The average Bonchev–Trinajstić information content (AvgIpc) is 2.39. The summed E-state index contributed by atoms with van der Waals surface area (Å²) in [7, 11) is 1.40. The second kappa shape index (κ2) is 7.89. The minimum absolute atomic E-state index is 0.0574. The van der Waals surface area contributed by atoms with Gasteiger partial charge in [0, 0.05) is 12.8 Å². The maximum Gasteiger partial charge on any atom is 0.335 e. The van der Waals surface area contributed by atoms with Gasteiger partial charge in [-0.25, -0.2) is 4.79 Å². The Balaban J connectivity index is 2.90. The van der Waals surface area contributed by atoms with E-state index in [0.717, 1.165) is 22.2 Å². The van der Waals surface area contributed by atoms with Crippen LogP contribution in [0.5, 0.6) is 0 Å². The van der Waals surface area contributed by atoms with Gasteiger partial charge in [-0.2, -0.15) is 0 Å². The summed E-state index contributed by atoms with van der Waals surface area (Å²) < 4.78 is 5.91. The third-order valence-electron chi connectivity index (χ3n) is 2.80. The Bertz CT molecular complexity index is 342. The summed E-state index contributed by atoms with van der Waals surface area (Å²) in [6, 6.07) is 0. The zero-order chi connectivity index (χ0) is 13.5. The van der Waals surface area contributed by atoms with Gasteiger partial charge in [0.15, 0.2) is 0 Å². The van der Waals surface area contributed by atoms with Crippen molar-refractivity contribution in [2.24, 2.45) is 5.92 Å². The van der Waals surface area contributed by atoms with E-state index in [9.17, 15) is 9.59 Å². The molecular weight excluding hydrogens is 268 g/mol. The number of methoxy groups -OCH3 is 1. The molecule has 18 heavy (non-hydrogen) atoms. The molecule has 0 spiro atoms. The summed E-state index contributed by atoms with van der Waals surface area (Å²) in [6.07, 6.45) is 2.11. The summed E-state index contributed by atoms with van der Waals surface area (Å²) in [5, 5.41) is 0. The molecule has 1 fully saturated rings. The van der Waals surface area contributed by atoms with E-state index in [4.69, 9.17) is 4.74 Å². The van der Waals surface area contributed by atoms with Gasteiger partial charge in [-0.05, 0) is 23.8 Å². The molecule has 0 radical (unpaired) electrons. The second-order valence-electron chi connectivity index (χ2n) is 4.24. The fourth-order valence-electron chi connectivity index (χ4n) is 1.77. The van der Waals surface area contributed by atoms with Gasteiger partial charge in [0.2, 0.25) is 0 Å². The zero-order valence-electron chi connectivity index (χ0n) is 11.2. The van der Waals surface area contributed by atoms with Gasteiger partial charge in [-0.1, -0.05) is 13.8 Å². The highest BCUT2D eigenvalue weighted by atomic mass is 32.2.